The molecule has 0 fully saturated rings. The van der Waals surface area contributed by atoms with E-state index < -0.39 is 6.04 Å². The Morgan fingerprint density at radius 1 is 0.933 bits per heavy atom. The number of hydrogen-bond acceptors (Lipinski definition) is 5. The average molecular weight is 411 g/mol. The van der Waals surface area contributed by atoms with Gasteiger partial charge in [-0.3, -0.25) is 9.59 Å². The van der Waals surface area contributed by atoms with Crippen molar-refractivity contribution < 1.29 is 23.8 Å². The van der Waals surface area contributed by atoms with Crippen LogP contribution in [0.3, 0.4) is 0 Å². The van der Waals surface area contributed by atoms with E-state index in [-0.39, 0.29) is 11.8 Å². The Kier molecular flexibility index (Phi) is 6.15. The molecule has 0 bridgehead atoms. The van der Waals surface area contributed by atoms with Gasteiger partial charge in [0.25, 0.3) is 5.91 Å². The molecule has 1 aromatic heterocycles. The fourth-order valence-corrected chi connectivity index (χ4v) is 3.14. The van der Waals surface area contributed by atoms with Gasteiger partial charge in [0.15, 0.2) is 0 Å². The third-order valence-corrected chi connectivity index (χ3v) is 4.88. The summed E-state index contributed by atoms with van der Waals surface area (Å²) in [7, 11) is 6.48. The third-order valence-electron chi connectivity index (χ3n) is 4.88. The average Bonchev–Trinajstić information content (AvgIpc) is 3.10. The number of rotatable bonds is 7. The smallest absolute Gasteiger partial charge is 0.268 e. The van der Waals surface area contributed by atoms with Crippen LogP contribution in [-0.4, -0.2) is 43.8 Å². The van der Waals surface area contributed by atoms with Crippen molar-refractivity contribution in [3.05, 3.63) is 48.2 Å². The van der Waals surface area contributed by atoms with Gasteiger partial charge in [0, 0.05) is 30.3 Å². The number of carbonyl (C=O) groups excluding carboxylic acids is 2. The summed E-state index contributed by atoms with van der Waals surface area (Å²) in [6, 6.07) is 11.5. The second-order valence-corrected chi connectivity index (χ2v) is 6.76. The number of nitrogens with zero attached hydrogens (tertiary/aromatic N) is 1. The molecule has 1 unspecified atom stereocenters. The normalized spacial score (nSPS) is 11.6. The van der Waals surface area contributed by atoms with Gasteiger partial charge in [0.2, 0.25) is 5.91 Å². The Balaban J connectivity index is 1.76. The van der Waals surface area contributed by atoms with Gasteiger partial charge in [-0.2, -0.15) is 0 Å². The molecule has 0 aliphatic carbocycles. The number of benzene rings is 2. The molecule has 8 heteroatoms. The first-order chi connectivity index (χ1) is 14.4. The number of amides is 2. The zero-order chi connectivity index (χ0) is 21.8. The van der Waals surface area contributed by atoms with Crippen LogP contribution in [0.4, 0.5) is 5.69 Å². The number of fused-ring (bicyclic) bond motifs is 1. The number of aromatic nitrogens is 1. The maximum absolute atomic E-state index is 12.8. The number of hydrogen-bond donors (Lipinski definition) is 2. The van der Waals surface area contributed by atoms with E-state index >= 15 is 0 Å². The number of carbonyl (C=O) groups is 2. The second kappa shape index (κ2) is 8.77. The summed E-state index contributed by atoms with van der Waals surface area (Å²) < 4.78 is 17.6. The predicted octanol–water partition coefficient (Wildman–Crippen LogP) is 2.96. The van der Waals surface area contributed by atoms with Gasteiger partial charge >= 0.3 is 0 Å². The van der Waals surface area contributed by atoms with Crippen molar-refractivity contribution in [1.82, 2.24) is 9.88 Å². The number of nitrogens with one attached hydrogen (secondary N) is 2. The summed E-state index contributed by atoms with van der Waals surface area (Å²) in [5, 5.41) is 6.29. The van der Waals surface area contributed by atoms with Crippen LogP contribution in [0.1, 0.15) is 17.4 Å². The fourth-order valence-electron chi connectivity index (χ4n) is 3.14. The monoisotopic (exact) mass is 411 g/mol. The highest BCUT2D eigenvalue weighted by Gasteiger charge is 2.21. The molecule has 8 nitrogen and oxygen atoms in total. The summed E-state index contributed by atoms with van der Waals surface area (Å²) in [6.45, 7) is 1.63. The highest BCUT2D eigenvalue weighted by molar-refractivity contribution is 6.04. The summed E-state index contributed by atoms with van der Waals surface area (Å²) in [6.07, 6.45) is 0. The van der Waals surface area contributed by atoms with Crippen LogP contribution >= 0.6 is 0 Å². The molecule has 1 atom stereocenters. The van der Waals surface area contributed by atoms with E-state index in [4.69, 9.17) is 14.2 Å². The summed E-state index contributed by atoms with van der Waals surface area (Å²) in [5.41, 5.74) is 1.80. The predicted molar refractivity (Wildman–Crippen MR) is 115 cm³/mol. The highest BCUT2D eigenvalue weighted by atomic mass is 16.5. The van der Waals surface area contributed by atoms with Gasteiger partial charge in [-0.05, 0) is 37.3 Å². The van der Waals surface area contributed by atoms with E-state index in [2.05, 4.69) is 10.6 Å². The van der Waals surface area contributed by atoms with E-state index in [1.165, 1.54) is 0 Å². The van der Waals surface area contributed by atoms with Crippen LogP contribution in [0, 0.1) is 0 Å². The molecule has 3 aromatic rings. The van der Waals surface area contributed by atoms with Crippen LogP contribution in [0.25, 0.3) is 10.9 Å². The molecule has 0 radical (unpaired) electrons. The van der Waals surface area contributed by atoms with E-state index in [1.807, 2.05) is 6.07 Å². The fraction of sp³-hybridized carbons (Fsp3) is 0.273. The number of aryl methyl sites for hydroxylation is 1. The highest BCUT2D eigenvalue weighted by Crippen LogP contribution is 2.33. The molecule has 158 valence electrons. The van der Waals surface area contributed by atoms with Crippen molar-refractivity contribution >= 4 is 28.4 Å². The molecule has 0 spiro atoms. The Hall–Kier alpha value is -3.68. The lowest BCUT2D eigenvalue weighted by atomic mass is 10.2. The van der Waals surface area contributed by atoms with Crippen LogP contribution in [0.15, 0.2) is 42.5 Å². The maximum Gasteiger partial charge on any atom is 0.268 e. The molecule has 0 saturated carbocycles. The minimum atomic E-state index is -0.742. The van der Waals surface area contributed by atoms with Crippen molar-refractivity contribution in [2.75, 3.05) is 26.6 Å². The van der Waals surface area contributed by atoms with Crippen LogP contribution in [0.5, 0.6) is 17.2 Å². The summed E-state index contributed by atoms with van der Waals surface area (Å²) in [5.74, 6) is 1.22. The quantitative estimate of drug-likeness (QED) is 0.624. The van der Waals surface area contributed by atoms with Crippen LogP contribution in [0.2, 0.25) is 0 Å². The Labute approximate surface area is 174 Å². The summed E-state index contributed by atoms with van der Waals surface area (Å²) >= 11 is 0. The van der Waals surface area contributed by atoms with Gasteiger partial charge < -0.3 is 29.4 Å². The van der Waals surface area contributed by atoms with Crippen molar-refractivity contribution in [2.24, 2.45) is 7.05 Å². The van der Waals surface area contributed by atoms with Gasteiger partial charge in [-0.25, -0.2) is 0 Å². The first kappa shape index (κ1) is 21.0. The Bertz CT molecular complexity index is 1070. The number of methoxy groups -OCH3 is 3. The Morgan fingerprint density at radius 2 is 1.60 bits per heavy atom. The third kappa shape index (κ3) is 4.17. The van der Waals surface area contributed by atoms with Crippen molar-refractivity contribution in [3.8, 4) is 17.2 Å². The van der Waals surface area contributed by atoms with Crippen LogP contribution in [-0.2, 0) is 11.8 Å². The summed E-state index contributed by atoms with van der Waals surface area (Å²) in [4.78, 5) is 25.3. The second-order valence-electron chi connectivity index (χ2n) is 6.76. The van der Waals surface area contributed by atoms with E-state index in [9.17, 15) is 9.59 Å². The lowest BCUT2D eigenvalue weighted by molar-refractivity contribution is -0.117. The lowest BCUT2D eigenvalue weighted by Gasteiger charge is -2.15. The molecule has 0 saturated heterocycles. The molecule has 2 amide bonds. The van der Waals surface area contributed by atoms with E-state index in [0.717, 1.165) is 10.9 Å². The molecular weight excluding hydrogens is 386 g/mol. The first-order valence-electron chi connectivity index (χ1n) is 9.35. The standard InChI is InChI=1S/C22H25N3O5/c1-13(21(26)24-14-6-8-15(28-3)9-7-14)23-22(27)19-12-17-18(25(19)2)10-16(29-4)11-20(17)30-5/h6-13H,1-5H3,(H,23,27)(H,24,26). The first-order valence-corrected chi connectivity index (χ1v) is 9.35. The molecule has 0 aliphatic rings. The zero-order valence-electron chi connectivity index (χ0n) is 17.6. The van der Waals surface area contributed by atoms with E-state index in [1.54, 1.807) is 76.3 Å². The van der Waals surface area contributed by atoms with E-state index in [0.29, 0.717) is 28.6 Å². The van der Waals surface area contributed by atoms with Gasteiger partial charge in [0.1, 0.15) is 29.0 Å². The Morgan fingerprint density at radius 3 is 2.20 bits per heavy atom. The van der Waals surface area contributed by atoms with Crippen molar-refractivity contribution in [2.45, 2.75) is 13.0 Å². The SMILES string of the molecule is COc1ccc(NC(=O)C(C)NC(=O)c2cc3c(OC)cc(OC)cc3n2C)cc1. The molecular formula is C22H25N3O5. The molecule has 30 heavy (non-hydrogen) atoms. The topological polar surface area (TPSA) is 90.8 Å². The maximum atomic E-state index is 12.8. The minimum Gasteiger partial charge on any atom is -0.497 e. The molecule has 2 N–H and O–H groups in total. The molecule has 2 aromatic carbocycles. The van der Waals surface area contributed by atoms with Crippen LogP contribution < -0.4 is 24.8 Å². The molecule has 3 rings (SSSR count). The van der Waals surface area contributed by atoms with Gasteiger partial charge in [-0.1, -0.05) is 0 Å². The number of ether oxygens (including phenoxy) is 3. The molecule has 1 heterocycles. The van der Waals surface area contributed by atoms with Gasteiger partial charge in [0.05, 0.1) is 26.8 Å². The largest absolute Gasteiger partial charge is 0.497 e. The molecule has 0 aliphatic heterocycles. The number of anilines is 1. The van der Waals surface area contributed by atoms with Gasteiger partial charge in [-0.15, -0.1) is 0 Å². The zero-order valence-corrected chi connectivity index (χ0v) is 17.6. The lowest BCUT2D eigenvalue weighted by Crippen LogP contribution is -2.42. The van der Waals surface area contributed by atoms with Crippen molar-refractivity contribution in [3.63, 3.8) is 0 Å². The minimum absolute atomic E-state index is 0.327. The van der Waals surface area contributed by atoms with Crippen molar-refractivity contribution in [1.29, 1.82) is 0 Å².